The second-order valence-electron chi connectivity index (χ2n) is 7.43. The third-order valence-electron chi connectivity index (χ3n) is 5.31. The highest BCUT2D eigenvalue weighted by atomic mass is 127. The van der Waals surface area contributed by atoms with Gasteiger partial charge in [0, 0.05) is 26.7 Å². The minimum Gasteiger partial charge on any atom is -0.378 e. The van der Waals surface area contributed by atoms with Crippen molar-refractivity contribution in [2.45, 2.75) is 64.4 Å². The Kier molecular flexibility index (Phi) is 12.9. The van der Waals surface area contributed by atoms with Gasteiger partial charge in [0.1, 0.15) is 0 Å². The van der Waals surface area contributed by atoms with Crippen LogP contribution in [0.2, 0.25) is 0 Å². The van der Waals surface area contributed by atoms with Crippen LogP contribution in [0, 0.1) is 5.92 Å². The molecule has 0 radical (unpaired) electrons. The summed E-state index contributed by atoms with van der Waals surface area (Å²) in [7, 11) is 1.84. The minimum absolute atomic E-state index is 0. The third kappa shape index (κ3) is 9.99. The molecule has 0 bridgehead atoms. The average molecular weight is 466 g/mol. The Morgan fingerprint density at radius 1 is 1.04 bits per heavy atom. The van der Waals surface area contributed by atoms with Crippen LogP contribution in [0.3, 0.4) is 0 Å². The van der Waals surface area contributed by atoms with Gasteiger partial charge >= 0.3 is 0 Å². The number of guanidine groups is 1. The molecule has 0 atom stereocenters. The average Bonchev–Trinajstić information content (AvgIpc) is 3.11. The third-order valence-corrected chi connectivity index (χ3v) is 5.31. The summed E-state index contributed by atoms with van der Waals surface area (Å²) in [6.45, 7) is 8.90. The molecule has 6 heteroatoms. The van der Waals surface area contributed by atoms with Crippen LogP contribution in [0.4, 0.5) is 0 Å². The quantitative estimate of drug-likeness (QED) is 0.237. The van der Waals surface area contributed by atoms with Crippen LogP contribution in [0.15, 0.2) is 4.99 Å². The number of aliphatic imine (C=N–C) groups is 1. The van der Waals surface area contributed by atoms with Gasteiger partial charge in [-0.3, -0.25) is 4.99 Å². The van der Waals surface area contributed by atoms with Crippen molar-refractivity contribution in [1.82, 2.24) is 15.5 Å². The number of rotatable bonds is 9. The fraction of sp³-hybridized carbons (Fsp3) is 0.947. The van der Waals surface area contributed by atoms with Gasteiger partial charge in [0.05, 0.1) is 6.10 Å². The molecule has 0 amide bonds. The van der Waals surface area contributed by atoms with Gasteiger partial charge in [0.25, 0.3) is 0 Å². The molecular formula is C19H39IN4O. The first-order valence-corrected chi connectivity index (χ1v) is 10.1. The SMILES string of the molecule is CN=C(NCCCOC1CCCC1)NCCCN1CCC(C)CC1.I. The Morgan fingerprint density at radius 2 is 1.68 bits per heavy atom. The van der Waals surface area contributed by atoms with Crippen LogP contribution >= 0.6 is 24.0 Å². The Morgan fingerprint density at radius 3 is 2.32 bits per heavy atom. The lowest BCUT2D eigenvalue weighted by Crippen LogP contribution is -2.40. The monoisotopic (exact) mass is 466 g/mol. The van der Waals surface area contributed by atoms with E-state index in [1.807, 2.05) is 7.05 Å². The van der Waals surface area contributed by atoms with Gasteiger partial charge in [-0.1, -0.05) is 19.8 Å². The lowest BCUT2D eigenvalue weighted by atomic mass is 9.99. The summed E-state index contributed by atoms with van der Waals surface area (Å²) in [6.07, 6.45) is 10.7. The molecule has 0 spiro atoms. The van der Waals surface area contributed by atoms with Crippen LogP contribution in [0.1, 0.15) is 58.3 Å². The molecule has 2 N–H and O–H groups in total. The lowest BCUT2D eigenvalue weighted by molar-refractivity contribution is 0.0574. The van der Waals surface area contributed by atoms with Crippen molar-refractivity contribution in [3.63, 3.8) is 0 Å². The number of ether oxygens (including phenoxy) is 1. The number of hydrogen-bond acceptors (Lipinski definition) is 3. The molecule has 2 aliphatic rings. The minimum atomic E-state index is 0. The van der Waals surface area contributed by atoms with Crippen LogP contribution in [0.25, 0.3) is 0 Å². The van der Waals surface area contributed by atoms with E-state index in [2.05, 4.69) is 27.4 Å². The zero-order chi connectivity index (χ0) is 17.0. The maximum Gasteiger partial charge on any atom is 0.190 e. The van der Waals surface area contributed by atoms with Gasteiger partial charge in [-0.05, 0) is 64.1 Å². The Balaban J connectivity index is 0.00000312. The fourth-order valence-electron chi connectivity index (χ4n) is 3.60. The van der Waals surface area contributed by atoms with Crippen LogP contribution < -0.4 is 10.6 Å². The number of hydrogen-bond donors (Lipinski definition) is 2. The van der Waals surface area contributed by atoms with Gasteiger partial charge in [-0.15, -0.1) is 24.0 Å². The number of nitrogens with zero attached hydrogens (tertiary/aromatic N) is 2. The van der Waals surface area contributed by atoms with E-state index in [1.165, 1.54) is 64.6 Å². The second-order valence-corrected chi connectivity index (χ2v) is 7.43. The van der Waals surface area contributed by atoms with E-state index in [9.17, 15) is 0 Å². The van der Waals surface area contributed by atoms with Crippen LogP contribution in [-0.2, 0) is 4.74 Å². The van der Waals surface area contributed by atoms with E-state index in [0.29, 0.717) is 6.10 Å². The first kappa shape index (κ1) is 23.0. The van der Waals surface area contributed by atoms with E-state index < -0.39 is 0 Å². The molecule has 25 heavy (non-hydrogen) atoms. The number of piperidine rings is 1. The van der Waals surface area contributed by atoms with Gasteiger partial charge in [-0.25, -0.2) is 0 Å². The summed E-state index contributed by atoms with van der Waals surface area (Å²) in [5.74, 6) is 1.84. The Bertz CT molecular complexity index is 353. The molecule has 148 valence electrons. The summed E-state index contributed by atoms with van der Waals surface area (Å²) in [5, 5.41) is 6.81. The normalized spacial score (nSPS) is 20.5. The van der Waals surface area contributed by atoms with Crippen molar-refractivity contribution in [1.29, 1.82) is 0 Å². The lowest BCUT2D eigenvalue weighted by Gasteiger charge is -2.30. The number of halogens is 1. The standard InChI is InChI=1S/C19H38N4O.HI/c1-17-9-14-23(15-10-17)13-5-11-21-19(20-2)22-12-6-16-24-18-7-3-4-8-18;/h17-18H,3-16H2,1-2H3,(H2,20,21,22);1H. The van der Waals surface area contributed by atoms with Gasteiger partial charge < -0.3 is 20.3 Å². The largest absolute Gasteiger partial charge is 0.378 e. The van der Waals surface area contributed by atoms with E-state index in [-0.39, 0.29) is 24.0 Å². The van der Waals surface area contributed by atoms with Crippen LogP contribution in [-0.4, -0.2) is 63.3 Å². The maximum absolute atomic E-state index is 5.89. The Labute approximate surface area is 171 Å². The summed E-state index contributed by atoms with van der Waals surface area (Å²) in [5.41, 5.74) is 0. The first-order valence-electron chi connectivity index (χ1n) is 10.1. The van der Waals surface area contributed by atoms with Crippen molar-refractivity contribution in [3.8, 4) is 0 Å². The fourth-order valence-corrected chi connectivity index (χ4v) is 3.60. The highest BCUT2D eigenvalue weighted by Crippen LogP contribution is 2.20. The molecule has 1 saturated carbocycles. The smallest absolute Gasteiger partial charge is 0.190 e. The molecule has 5 nitrogen and oxygen atoms in total. The first-order chi connectivity index (χ1) is 11.8. The van der Waals surface area contributed by atoms with Crippen molar-refractivity contribution in [2.75, 3.05) is 46.4 Å². The summed E-state index contributed by atoms with van der Waals surface area (Å²) in [4.78, 5) is 6.89. The molecule has 0 aromatic rings. The van der Waals surface area contributed by atoms with Crippen LogP contribution in [0.5, 0.6) is 0 Å². The highest BCUT2D eigenvalue weighted by Gasteiger charge is 2.15. The molecule has 1 aliphatic carbocycles. The summed E-state index contributed by atoms with van der Waals surface area (Å²) < 4.78 is 5.89. The highest BCUT2D eigenvalue weighted by molar-refractivity contribution is 14.0. The second kappa shape index (κ2) is 14.0. The topological polar surface area (TPSA) is 48.9 Å². The van der Waals surface area contributed by atoms with Crippen molar-refractivity contribution < 1.29 is 4.74 Å². The molecule has 1 saturated heterocycles. The summed E-state index contributed by atoms with van der Waals surface area (Å²) >= 11 is 0. The predicted octanol–water partition coefficient (Wildman–Crippen LogP) is 3.24. The molecule has 2 fully saturated rings. The molecule has 0 aromatic carbocycles. The van der Waals surface area contributed by atoms with Gasteiger partial charge in [-0.2, -0.15) is 0 Å². The van der Waals surface area contributed by atoms with Gasteiger partial charge in [0.2, 0.25) is 0 Å². The predicted molar refractivity (Wildman–Crippen MR) is 117 cm³/mol. The molecule has 1 heterocycles. The molecule has 0 unspecified atom stereocenters. The van der Waals surface area contributed by atoms with Crippen molar-refractivity contribution >= 4 is 29.9 Å². The zero-order valence-electron chi connectivity index (χ0n) is 16.3. The summed E-state index contributed by atoms with van der Waals surface area (Å²) in [6, 6.07) is 0. The van der Waals surface area contributed by atoms with Gasteiger partial charge in [0.15, 0.2) is 5.96 Å². The molecule has 0 aromatic heterocycles. The van der Waals surface area contributed by atoms with Crippen molar-refractivity contribution in [3.05, 3.63) is 0 Å². The molecular weight excluding hydrogens is 427 g/mol. The number of likely N-dealkylation sites (tertiary alicyclic amines) is 1. The Hall–Kier alpha value is -0.0800. The van der Waals surface area contributed by atoms with Crippen molar-refractivity contribution in [2.24, 2.45) is 10.9 Å². The number of nitrogens with one attached hydrogen (secondary N) is 2. The van der Waals surface area contributed by atoms with E-state index in [4.69, 9.17) is 4.74 Å². The van der Waals surface area contributed by atoms with E-state index >= 15 is 0 Å². The van der Waals surface area contributed by atoms with E-state index in [0.717, 1.165) is 38.0 Å². The maximum atomic E-state index is 5.89. The zero-order valence-corrected chi connectivity index (χ0v) is 18.6. The molecule has 2 rings (SSSR count). The van der Waals surface area contributed by atoms with E-state index in [1.54, 1.807) is 0 Å². The molecule has 1 aliphatic heterocycles.